The molecule has 3 nitrogen and oxygen atoms in total. The Hall–Kier alpha value is -1.06. The van der Waals surface area contributed by atoms with Crippen LogP contribution in [0.25, 0.3) is 0 Å². The van der Waals surface area contributed by atoms with Crippen LogP contribution in [0, 0.1) is 0 Å². The lowest BCUT2D eigenvalue weighted by molar-refractivity contribution is -0.115. The number of hydrogen-bond acceptors (Lipinski definition) is 2. The molecule has 1 amide bonds. The van der Waals surface area contributed by atoms with Crippen molar-refractivity contribution in [1.82, 2.24) is 5.32 Å². The molecular weight excluding hydrogens is 284 g/mol. The summed E-state index contributed by atoms with van der Waals surface area (Å²) in [6, 6.07) is 4.29. The van der Waals surface area contributed by atoms with Gasteiger partial charge in [-0.05, 0) is 36.6 Å². The summed E-state index contributed by atoms with van der Waals surface area (Å²) in [5.41, 5.74) is 3.08. The second-order valence-corrected chi connectivity index (χ2v) is 6.17. The lowest BCUT2D eigenvalue weighted by atomic mass is 9.97. The number of rotatable bonds is 8. The molecule has 1 aliphatic heterocycles. The standard InChI is InChI=1S/C17H25ClN2O/c1-3-5-6-7-15(19-8-4-2)13-9-12-10-17(21)20-16(12)11-14(13)18/h9,11,15,19H,3-8,10H2,1-2H3,(H,20,21). The van der Waals surface area contributed by atoms with Crippen LogP contribution in [-0.4, -0.2) is 12.5 Å². The fourth-order valence-electron chi connectivity index (χ4n) is 2.82. The highest BCUT2D eigenvalue weighted by Crippen LogP contribution is 2.34. The molecule has 21 heavy (non-hydrogen) atoms. The first-order valence-electron chi connectivity index (χ1n) is 8.01. The van der Waals surface area contributed by atoms with Gasteiger partial charge in [0.1, 0.15) is 0 Å². The quantitative estimate of drug-likeness (QED) is 0.696. The normalized spacial score (nSPS) is 14.9. The molecule has 1 aromatic carbocycles. The van der Waals surface area contributed by atoms with Crippen LogP contribution in [0.1, 0.15) is 63.1 Å². The molecule has 0 saturated heterocycles. The molecule has 0 bridgehead atoms. The maximum atomic E-state index is 11.5. The number of benzene rings is 1. The first-order valence-corrected chi connectivity index (χ1v) is 8.39. The van der Waals surface area contributed by atoms with Crippen LogP contribution in [-0.2, 0) is 11.2 Å². The SMILES string of the molecule is CCCCCC(NCCC)c1cc2c(cc1Cl)NC(=O)C2. The van der Waals surface area contributed by atoms with E-state index in [0.717, 1.165) is 41.2 Å². The summed E-state index contributed by atoms with van der Waals surface area (Å²) in [5.74, 6) is 0.0577. The third kappa shape index (κ3) is 4.21. The Morgan fingerprint density at radius 3 is 2.81 bits per heavy atom. The van der Waals surface area contributed by atoms with E-state index in [-0.39, 0.29) is 11.9 Å². The minimum absolute atomic E-state index is 0.0577. The molecule has 2 N–H and O–H groups in total. The Balaban J connectivity index is 2.18. The molecule has 0 radical (unpaired) electrons. The highest BCUT2D eigenvalue weighted by Gasteiger charge is 2.22. The molecular formula is C17H25ClN2O. The van der Waals surface area contributed by atoms with Crippen molar-refractivity contribution in [2.24, 2.45) is 0 Å². The zero-order valence-corrected chi connectivity index (χ0v) is 13.7. The first kappa shape index (κ1) is 16.3. The van der Waals surface area contributed by atoms with E-state index in [9.17, 15) is 4.79 Å². The van der Waals surface area contributed by atoms with Gasteiger partial charge in [0.25, 0.3) is 0 Å². The lowest BCUT2D eigenvalue weighted by Crippen LogP contribution is -2.22. The molecule has 0 saturated carbocycles. The summed E-state index contributed by atoms with van der Waals surface area (Å²) in [7, 11) is 0. The van der Waals surface area contributed by atoms with E-state index < -0.39 is 0 Å². The molecule has 0 aliphatic carbocycles. The molecule has 4 heteroatoms. The third-order valence-electron chi connectivity index (χ3n) is 3.96. The van der Waals surface area contributed by atoms with Gasteiger partial charge in [-0.3, -0.25) is 4.79 Å². The second-order valence-electron chi connectivity index (χ2n) is 5.76. The zero-order valence-electron chi connectivity index (χ0n) is 13.0. The molecule has 1 unspecified atom stereocenters. The predicted molar refractivity (Wildman–Crippen MR) is 89.0 cm³/mol. The molecule has 0 aromatic heterocycles. The van der Waals surface area contributed by atoms with Gasteiger partial charge in [-0.2, -0.15) is 0 Å². The topological polar surface area (TPSA) is 41.1 Å². The van der Waals surface area contributed by atoms with Crippen molar-refractivity contribution in [3.63, 3.8) is 0 Å². The molecule has 116 valence electrons. The van der Waals surface area contributed by atoms with Gasteiger partial charge in [-0.25, -0.2) is 0 Å². The maximum Gasteiger partial charge on any atom is 0.228 e. The predicted octanol–water partition coefficient (Wildman–Crippen LogP) is 4.46. The first-order chi connectivity index (χ1) is 10.2. The van der Waals surface area contributed by atoms with Crippen LogP contribution < -0.4 is 10.6 Å². The number of amides is 1. The van der Waals surface area contributed by atoms with Gasteiger partial charge in [0, 0.05) is 16.8 Å². The molecule has 1 aliphatic rings. The van der Waals surface area contributed by atoms with Crippen molar-refractivity contribution in [3.05, 3.63) is 28.3 Å². The molecule has 2 rings (SSSR count). The Bertz CT molecular complexity index is 502. The maximum absolute atomic E-state index is 11.5. The number of carbonyl (C=O) groups is 1. The largest absolute Gasteiger partial charge is 0.325 e. The van der Waals surface area contributed by atoms with Gasteiger partial charge in [-0.15, -0.1) is 0 Å². The summed E-state index contributed by atoms with van der Waals surface area (Å²) < 4.78 is 0. The highest BCUT2D eigenvalue weighted by molar-refractivity contribution is 6.32. The molecule has 1 aromatic rings. The van der Waals surface area contributed by atoms with Crippen molar-refractivity contribution < 1.29 is 4.79 Å². The number of anilines is 1. The Morgan fingerprint density at radius 2 is 2.10 bits per heavy atom. The number of unbranched alkanes of at least 4 members (excludes halogenated alkanes) is 2. The van der Waals surface area contributed by atoms with Gasteiger partial charge in [0.05, 0.1) is 6.42 Å². The third-order valence-corrected chi connectivity index (χ3v) is 4.29. The van der Waals surface area contributed by atoms with E-state index >= 15 is 0 Å². The molecule has 1 atom stereocenters. The van der Waals surface area contributed by atoms with Crippen LogP contribution in [0.3, 0.4) is 0 Å². The monoisotopic (exact) mass is 308 g/mol. The number of carbonyl (C=O) groups excluding carboxylic acids is 1. The summed E-state index contributed by atoms with van der Waals surface area (Å²) in [4.78, 5) is 11.5. The van der Waals surface area contributed by atoms with E-state index in [1.165, 1.54) is 19.3 Å². The van der Waals surface area contributed by atoms with Crippen molar-refractivity contribution in [1.29, 1.82) is 0 Å². The van der Waals surface area contributed by atoms with Gasteiger partial charge in [0.15, 0.2) is 0 Å². The molecule has 1 heterocycles. The number of hydrogen-bond donors (Lipinski definition) is 2. The van der Waals surface area contributed by atoms with Gasteiger partial charge >= 0.3 is 0 Å². The minimum Gasteiger partial charge on any atom is -0.325 e. The highest BCUT2D eigenvalue weighted by atomic mass is 35.5. The number of nitrogens with one attached hydrogen (secondary N) is 2. The summed E-state index contributed by atoms with van der Waals surface area (Å²) in [6.45, 7) is 5.37. The second kappa shape index (κ2) is 7.81. The number of halogens is 1. The zero-order chi connectivity index (χ0) is 15.2. The summed E-state index contributed by atoms with van der Waals surface area (Å²) in [6.07, 6.45) is 6.32. The van der Waals surface area contributed by atoms with Crippen molar-refractivity contribution >= 4 is 23.2 Å². The van der Waals surface area contributed by atoms with Gasteiger partial charge < -0.3 is 10.6 Å². The average molecular weight is 309 g/mol. The van der Waals surface area contributed by atoms with E-state index in [2.05, 4.69) is 30.5 Å². The van der Waals surface area contributed by atoms with E-state index in [1.54, 1.807) is 0 Å². The fraction of sp³-hybridized carbons (Fsp3) is 0.588. The number of fused-ring (bicyclic) bond motifs is 1. The van der Waals surface area contributed by atoms with Gasteiger partial charge in [0.2, 0.25) is 5.91 Å². The summed E-state index contributed by atoms with van der Waals surface area (Å²) >= 11 is 6.45. The molecule has 0 fully saturated rings. The van der Waals surface area contributed by atoms with Crippen LogP contribution in [0.15, 0.2) is 12.1 Å². The van der Waals surface area contributed by atoms with E-state index in [1.807, 2.05) is 6.07 Å². The van der Waals surface area contributed by atoms with Crippen molar-refractivity contribution in [2.45, 2.75) is 58.4 Å². The smallest absolute Gasteiger partial charge is 0.228 e. The fourth-order valence-corrected chi connectivity index (χ4v) is 3.11. The van der Waals surface area contributed by atoms with Crippen molar-refractivity contribution in [3.8, 4) is 0 Å². The van der Waals surface area contributed by atoms with E-state index in [4.69, 9.17) is 11.6 Å². The van der Waals surface area contributed by atoms with E-state index in [0.29, 0.717) is 6.42 Å². The Morgan fingerprint density at radius 1 is 1.29 bits per heavy atom. The molecule has 0 spiro atoms. The average Bonchev–Trinajstić information content (AvgIpc) is 2.81. The Labute approximate surface area is 132 Å². The van der Waals surface area contributed by atoms with Crippen LogP contribution in [0.4, 0.5) is 5.69 Å². The van der Waals surface area contributed by atoms with Crippen LogP contribution in [0.5, 0.6) is 0 Å². The Kier molecular flexibility index (Phi) is 6.07. The van der Waals surface area contributed by atoms with Gasteiger partial charge in [-0.1, -0.05) is 50.8 Å². The summed E-state index contributed by atoms with van der Waals surface area (Å²) in [5, 5.41) is 7.21. The minimum atomic E-state index is 0.0577. The van der Waals surface area contributed by atoms with Crippen LogP contribution in [0.2, 0.25) is 5.02 Å². The van der Waals surface area contributed by atoms with Crippen LogP contribution >= 0.6 is 11.6 Å². The van der Waals surface area contributed by atoms with Crippen molar-refractivity contribution in [2.75, 3.05) is 11.9 Å². The lowest BCUT2D eigenvalue weighted by Gasteiger charge is -2.21.